The van der Waals surface area contributed by atoms with Gasteiger partial charge in [-0.15, -0.1) is 0 Å². The summed E-state index contributed by atoms with van der Waals surface area (Å²) in [6.45, 7) is 8.54. The minimum absolute atomic E-state index is 0.341. The Labute approximate surface area is 130 Å². The zero-order chi connectivity index (χ0) is 15.2. The molecule has 20 heavy (non-hydrogen) atoms. The average Bonchev–Trinajstić information content (AvgIpc) is 2.42. The molecule has 0 radical (unpaired) electrons. The summed E-state index contributed by atoms with van der Waals surface area (Å²) in [5, 5.41) is 3.22. The number of nitrogens with zero attached hydrogens (tertiary/aromatic N) is 1. The highest BCUT2D eigenvalue weighted by atomic mass is 79.9. The second kappa shape index (κ2) is 8.12. The largest absolute Gasteiger partial charge is 0.313 e. The van der Waals surface area contributed by atoms with E-state index in [0.29, 0.717) is 22.5 Å². The summed E-state index contributed by atoms with van der Waals surface area (Å²) in [7, 11) is -3.42. The Morgan fingerprint density at radius 1 is 1.25 bits per heavy atom. The molecule has 0 spiro atoms. The molecule has 0 saturated carbocycles. The molecule has 1 aromatic carbocycles. The third-order valence-corrected chi connectivity index (χ3v) is 5.97. The van der Waals surface area contributed by atoms with Gasteiger partial charge in [-0.05, 0) is 46.6 Å². The molecule has 0 aromatic heterocycles. The predicted octanol–water partition coefficient (Wildman–Crippen LogP) is 2.98. The number of hydrogen-bond donors (Lipinski definition) is 1. The standard InChI is InChI=1S/C14H23BrN2O2S/c1-4-9-17(6-3)20(18,19)14-8-7-12(10-13(14)15)11-16-5-2/h7-8,10,16H,4-6,9,11H2,1-3H3. The molecule has 0 bridgehead atoms. The number of nitrogens with one attached hydrogen (secondary N) is 1. The Balaban J connectivity index is 3.06. The lowest BCUT2D eigenvalue weighted by Crippen LogP contribution is -2.31. The third kappa shape index (κ3) is 4.28. The van der Waals surface area contributed by atoms with Crippen LogP contribution in [0.5, 0.6) is 0 Å². The van der Waals surface area contributed by atoms with Crippen molar-refractivity contribution < 1.29 is 8.42 Å². The number of hydrogen-bond acceptors (Lipinski definition) is 3. The van der Waals surface area contributed by atoms with Crippen molar-refractivity contribution >= 4 is 26.0 Å². The summed E-state index contributed by atoms with van der Waals surface area (Å²) in [6, 6.07) is 5.42. The van der Waals surface area contributed by atoms with Gasteiger partial charge in [0.1, 0.15) is 0 Å². The van der Waals surface area contributed by atoms with Gasteiger partial charge in [-0.1, -0.05) is 26.8 Å². The summed E-state index contributed by atoms with van der Waals surface area (Å²) >= 11 is 3.39. The predicted molar refractivity (Wildman–Crippen MR) is 86.2 cm³/mol. The Kier molecular flexibility index (Phi) is 7.15. The van der Waals surface area contributed by atoms with Gasteiger partial charge in [-0.2, -0.15) is 4.31 Å². The quantitative estimate of drug-likeness (QED) is 0.773. The maximum atomic E-state index is 12.6. The zero-order valence-corrected chi connectivity index (χ0v) is 14.7. The van der Waals surface area contributed by atoms with Crippen LogP contribution in [-0.4, -0.2) is 32.4 Å². The Hall–Kier alpha value is -0.430. The number of sulfonamides is 1. The van der Waals surface area contributed by atoms with Crippen LogP contribution >= 0.6 is 15.9 Å². The van der Waals surface area contributed by atoms with Gasteiger partial charge in [0.05, 0.1) is 4.90 Å². The molecule has 0 atom stereocenters. The van der Waals surface area contributed by atoms with Crippen molar-refractivity contribution in [1.82, 2.24) is 9.62 Å². The van der Waals surface area contributed by atoms with E-state index in [9.17, 15) is 8.42 Å². The van der Waals surface area contributed by atoms with Crippen LogP contribution in [0, 0.1) is 0 Å². The molecule has 0 unspecified atom stereocenters. The van der Waals surface area contributed by atoms with Gasteiger partial charge in [-0.3, -0.25) is 0 Å². The molecular formula is C14H23BrN2O2S. The summed E-state index contributed by atoms with van der Waals surface area (Å²) in [4.78, 5) is 0.341. The van der Waals surface area contributed by atoms with Gasteiger partial charge in [0.2, 0.25) is 10.0 Å². The summed E-state index contributed by atoms with van der Waals surface area (Å²) < 4.78 is 27.3. The third-order valence-electron chi connectivity index (χ3n) is 3.02. The molecule has 114 valence electrons. The molecule has 1 aromatic rings. The van der Waals surface area contributed by atoms with E-state index >= 15 is 0 Å². The van der Waals surface area contributed by atoms with Crippen molar-refractivity contribution in [3.63, 3.8) is 0 Å². The van der Waals surface area contributed by atoms with Gasteiger partial charge in [0.15, 0.2) is 0 Å². The van der Waals surface area contributed by atoms with Crippen LogP contribution in [0.3, 0.4) is 0 Å². The highest BCUT2D eigenvalue weighted by Gasteiger charge is 2.24. The van der Waals surface area contributed by atoms with Crippen molar-refractivity contribution in [1.29, 1.82) is 0 Å². The molecular weight excluding hydrogens is 340 g/mol. The molecule has 4 nitrogen and oxygen atoms in total. The maximum Gasteiger partial charge on any atom is 0.244 e. The first kappa shape index (κ1) is 17.6. The molecule has 0 fully saturated rings. The monoisotopic (exact) mass is 362 g/mol. The fourth-order valence-electron chi connectivity index (χ4n) is 1.97. The van der Waals surface area contributed by atoms with Crippen molar-refractivity contribution in [2.75, 3.05) is 19.6 Å². The lowest BCUT2D eigenvalue weighted by molar-refractivity contribution is 0.427. The first-order valence-electron chi connectivity index (χ1n) is 6.96. The van der Waals surface area contributed by atoms with Crippen molar-refractivity contribution in [2.24, 2.45) is 0 Å². The van der Waals surface area contributed by atoms with Crippen LogP contribution in [-0.2, 0) is 16.6 Å². The molecule has 0 aliphatic rings. The summed E-state index contributed by atoms with van der Waals surface area (Å²) in [6.07, 6.45) is 0.809. The van der Waals surface area contributed by atoms with E-state index in [1.54, 1.807) is 6.07 Å². The van der Waals surface area contributed by atoms with Gasteiger partial charge in [0.25, 0.3) is 0 Å². The normalized spacial score (nSPS) is 12.1. The number of rotatable bonds is 8. The second-order valence-corrected chi connectivity index (χ2v) is 7.30. The van der Waals surface area contributed by atoms with Crippen LogP contribution in [0.15, 0.2) is 27.6 Å². The first-order valence-corrected chi connectivity index (χ1v) is 9.19. The Morgan fingerprint density at radius 2 is 1.95 bits per heavy atom. The van der Waals surface area contributed by atoms with E-state index in [-0.39, 0.29) is 0 Å². The van der Waals surface area contributed by atoms with Crippen molar-refractivity contribution in [3.8, 4) is 0 Å². The molecule has 0 saturated heterocycles. The van der Waals surface area contributed by atoms with Crippen LogP contribution < -0.4 is 5.32 Å². The SMILES string of the molecule is CCCN(CC)S(=O)(=O)c1ccc(CNCC)cc1Br. The van der Waals surface area contributed by atoms with E-state index < -0.39 is 10.0 Å². The van der Waals surface area contributed by atoms with E-state index in [1.807, 2.05) is 32.9 Å². The van der Waals surface area contributed by atoms with E-state index in [1.165, 1.54) is 4.31 Å². The highest BCUT2D eigenvalue weighted by Crippen LogP contribution is 2.26. The Morgan fingerprint density at radius 3 is 2.45 bits per heavy atom. The van der Waals surface area contributed by atoms with Crippen molar-refractivity contribution in [2.45, 2.75) is 38.6 Å². The lowest BCUT2D eigenvalue weighted by Gasteiger charge is -2.20. The molecule has 6 heteroatoms. The molecule has 0 aliphatic heterocycles. The fourth-order valence-corrected chi connectivity index (χ4v) is 4.60. The van der Waals surface area contributed by atoms with Crippen LogP contribution in [0.25, 0.3) is 0 Å². The zero-order valence-electron chi connectivity index (χ0n) is 12.3. The second-order valence-electron chi connectivity index (χ2n) is 4.54. The van der Waals surface area contributed by atoms with Gasteiger partial charge in [0, 0.05) is 24.1 Å². The van der Waals surface area contributed by atoms with Gasteiger partial charge in [-0.25, -0.2) is 8.42 Å². The molecule has 1 N–H and O–H groups in total. The van der Waals surface area contributed by atoms with Gasteiger partial charge >= 0.3 is 0 Å². The number of benzene rings is 1. The fraction of sp³-hybridized carbons (Fsp3) is 0.571. The van der Waals surface area contributed by atoms with Crippen LogP contribution in [0.2, 0.25) is 0 Å². The van der Waals surface area contributed by atoms with Crippen LogP contribution in [0.4, 0.5) is 0 Å². The Bertz CT molecular complexity index is 532. The maximum absolute atomic E-state index is 12.6. The highest BCUT2D eigenvalue weighted by molar-refractivity contribution is 9.10. The lowest BCUT2D eigenvalue weighted by atomic mass is 10.2. The van der Waals surface area contributed by atoms with Crippen molar-refractivity contribution in [3.05, 3.63) is 28.2 Å². The topological polar surface area (TPSA) is 49.4 Å². The van der Waals surface area contributed by atoms with E-state index in [4.69, 9.17) is 0 Å². The van der Waals surface area contributed by atoms with E-state index in [0.717, 1.165) is 25.1 Å². The molecule has 1 rings (SSSR count). The summed E-state index contributed by atoms with van der Waals surface area (Å²) in [5.41, 5.74) is 1.07. The summed E-state index contributed by atoms with van der Waals surface area (Å²) in [5.74, 6) is 0. The first-order chi connectivity index (χ1) is 9.47. The minimum atomic E-state index is -3.42. The van der Waals surface area contributed by atoms with Crippen LogP contribution in [0.1, 0.15) is 32.8 Å². The molecule has 0 aliphatic carbocycles. The molecule has 0 amide bonds. The van der Waals surface area contributed by atoms with E-state index in [2.05, 4.69) is 21.2 Å². The smallest absolute Gasteiger partial charge is 0.244 e. The van der Waals surface area contributed by atoms with Gasteiger partial charge < -0.3 is 5.32 Å². The molecule has 0 heterocycles. The minimum Gasteiger partial charge on any atom is -0.313 e. The number of halogens is 1. The average molecular weight is 363 g/mol.